The normalized spacial score (nSPS) is 15.6. The zero-order valence-electron chi connectivity index (χ0n) is 5.83. The van der Waals surface area contributed by atoms with E-state index < -0.39 is 0 Å². The number of carbonyl (C=O) groups excluding carboxylic acids is 2. The molecule has 0 N–H and O–H groups in total. The van der Waals surface area contributed by atoms with E-state index in [9.17, 15) is 9.59 Å². The Morgan fingerprint density at radius 3 is 2.67 bits per heavy atom. The highest BCUT2D eigenvalue weighted by atomic mass is 79.9. The lowest BCUT2D eigenvalue weighted by Gasteiger charge is -1.81. The zero-order valence-corrected chi connectivity index (χ0v) is 8.24. The molecule has 3 nitrogen and oxygen atoms in total. The van der Waals surface area contributed by atoms with Crippen LogP contribution in [0.2, 0.25) is 0 Å². The molecule has 0 saturated carbocycles. The second kappa shape index (κ2) is 2.34. The fourth-order valence-electron chi connectivity index (χ4n) is 1.06. The third-order valence-electron chi connectivity index (χ3n) is 1.68. The predicted octanol–water partition coefficient (Wildman–Crippen LogP) is 1.52. The lowest BCUT2D eigenvalue weighted by molar-refractivity contribution is -0.313. The SMILES string of the molecule is C=[N+]1C(=O)c2csc(Br)c2C1=O. The van der Waals surface area contributed by atoms with E-state index in [1.54, 1.807) is 5.38 Å². The molecule has 0 atom stereocenters. The number of rotatable bonds is 0. The fraction of sp³-hybridized carbons (Fsp3) is 0. The number of hydrogen-bond acceptors (Lipinski definition) is 3. The minimum absolute atomic E-state index is 0.322. The number of thiophene rings is 1. The van der Waals surface area contributed by atoms with Gasteiger partial charge in [0.2, 0.25) is 0 Å². The fourth-order valence-corrected chi connectivity index (χ4v) is 2.48. The Labute approximate surface area is 80.5 Å². The summed E-state index contributed by atoms with van der Waals surface area (Å²) in [6.07, 6.45) is 0. The minimum atomic E-state index is -0.330. The second-order valence-corrected chi connectivity index (χ2v) is 4.53. The molecule has 0 radical (unpaired) electrons. The van der Waals surface area contributed by atoms with Crippen molar-refractivity contribution in [3.05, 3.63) is 20.3 Å². The largest absolute Gasteiger partial charge is 0.430 e. The molecule has 0 unspecified atom stereocenters. The third-order valence-corrected chi connectivity index (χ3v) is 3.40. The van der Waals surface area contributed by atoms with Crippen LogP contribution in [0.25, 0.3) is 0 Å². The molecule has 0 aromatic carbocycles. The lowest BCUT2D eigenvalue weighted by Crippen LogP contribution is -2.16. The molecule has 1 aromatic rings. The Morgan fingerprint density at radius 2 is 2.08 bits per heavy atom. The Kier molecular flexibility index (Phi) is 1.52. The Bertz CT molecular complexity index is 421. The van der Waals surface area contributed by atoms with Crippen LogP contribution in [0.4, 0.5) is 0 Å². The standard InChI is InChI=1S/C7H3BrNO2S/c1-9-6(10)3-2-12-5(8)4(3)7(9)11/h2H,1H2/q+1. The highest BCUT2D eigenvalue weighted by molar-refractivity contribution is 9.11. The summed E-state index contributed by atoms with van der Waals surface area (Å²) in [5.41, 5.74) is 0.895. The van der Waals surface area contributed by atoms with Gasteiger partial charge in [-0.2, -0.15) is 0 Å². The van der Waals surface area contributed by atoms with Crippen LogP contribution in [-0.2, 0) is 0 Å². The van der Waals surface area contributed by atoms with Crippen molar-refractivity contribution < 1.29 is 14.2 Å². The van der Waals surface area contributed by atoms with E-state index in [-0.39, 0.29) is 11.8 Å². The summed E-state index contributed by atoms with van der Waals surface area (Å²) in [4.78, 5) is 22.6. The number of halogens is 1. The molecule has 0 fully saturated rings. The third kappa shape index (κ3) is 0.776. The van der Waals surface area contributed by atoms with Crippen LogP contribution in [-0.4, -0.2) is 23.1 Å². The zero-order chi connectivity index (χ0) is 8.88. The number of carbonyl (C=O) groups is 2. The number of nitrogens with zero attached hydrogens (tertiary/aromatic N) is 1. The molecule has 12 heavy (non-hydrogen) atoms. The van der Waals surface area contributed by atoms with Gasteiger partial charge in [0.15, 0.2) is 0 Å². The first-order chi connectivity index (χ1) is 5.63. The minimum Gasteiger partial charge on any atom is -0.214 e. The van der Waals surface area contributed by atoms with Crippen LogP contribution in [0.5, 0.6) is 0 Å². The second-order valence-electron chi connectivity index (χ2n) is 2.34. The van der Waals surface area contributed by atoms with Gasteiger partial charge in [0.25, 0.3) is 0 Å². The van der Waals surface area contributed by atoms with Crippen molar-refractivity contribution in [1.29, 1.82) is 0 Å². The summed E-state index contributed by atoms with van der Waals surface area (Å²) in [5, 5.41) is 1.66. The van der Waals surface area contributed by atoms with Gasteiger partial charge in [-0.05, 0) is 15.9 Å². The summed E-state index contributed by atoms with van der Waals surface area (Å²) in [6, 6.07) is 0. The van der Waals surface area contributed by atoms with E-state index in [1.165, 1.54) is 11.3 Å². The average Bonchev–Trinajstić information content (AvgIpc) is 2.51. The first kappa shape index (κ1) is 7.82. The first-order valence-electron chi connectivity index (χ1n) is 3.09. The molecular formula is C7H3BrNO2S+. The molecule has 2 amide bonds. The molecular weight excluding hydrogens is 242 g/mol. The van der Waals surface area contributed by atoms with Crippen molar-refractivity contribution in [3.8, 4) is 0 Å². The van der Waals surface area contributed by atoms with Crippen LogP contribution >= 0.6 is 27.3 Å². The average molecular weight is 245 g/mol. The van der Waals surface area contributed by atoms with Crippen LogP contribution < -0.4 is 0 Å². The first-order valence-corrected chi connectivity index (χ1v) is 4.76. The number of hydrogen-bond donors (Lipinski definition) is 0. The summed E-state index contributed by atoms with van der Waals surface area (Å²) in [7, 11) is 0. The molecule has 1 aliphatic rings. The van der Waals surface area contributed by atoms with Gasteiger partial charge in [-0.25, -0.2) is 9.59 Å². The summed E-state index contributed by atoms with van der Waals surface area (Å²) in [5.74, 6) is -0.653. The smallest absolute Gasteiger partial charge is 0.214 e. The van der Waals surface area contributed by atoms with Crippen molar-refractivity contribution in [2.24, 2.45) is 0 Å². The topological polar surface area (TPSA) is 37.1 Å². The van der Waals surface area contributed by atoms with Crippen LogP contribution in [0.1, 0.15) is 20.7 Å². The maximum atomic E-state index is 11.3. The van der Waals surface area contributed by atoms with Crippen molar-refractivity contribution >= 4 is 45.8 Å². The van der Waals surface area contributed by atoms with E-state index >= 15 is 0 Å². The van der Waals surface area contributed by atoms with Gasteiger partial charge < -0.3 is 0 Å². The molecule has 0 saturated heterocycles. The van der Waals surface area contributed by atoms with Gasteiger partial charge in [-0.3, -0.25) is 0 Å². The van der Waals surface area contributed by atoms with E-state index in [0.29, 0.717) is 14.9 Å². The van der Waals surface area contributed by atoms with E-state index in [2.05, 4.69) is 22.6 Å². The van der Waals surface area contributed by atoms with Crippen LogP contribution in [0.15, 0.2) is 9.17 Å². The summed E-state index contributed by atoms with van der Waals surface area (Å²) < 4.78 is 1.57. The van der Waals surface area contributed by atoms with Gasteiger partial charge in [-0.15, -0.1) is 11.3 Å². The summed E-state index contributed by atoms with van der Waals surface area (Å²) in [6.45, 7) is 3.35. The van der Waals surface area contributed by atoms with Gasteiger partial charge in [0.05, 0.1) is 3.79 Å². The quantitative estimate of drug-likeness (QED) is 0.513. The molecule has 0 spiro atoms. The Hall–Kier alpha value is -0.810. The predicted molar refractivity (Wildman–Crippen MR) is 48.1 cm³/mol. The highest BCUT2D eigenvalue weighted by Gasteiger charge is 2.43. The molecule has 1 aliphatic heterocycles. The van der Waals surface area contributed by atoms with Crippen molar-refractivity contribution in [1.82, 2.24) is 0 Å². The molecule has 60 valence electrons. The lowest BCUT2D eigenvalue weighted by atomic mass is 10.2. The molecule has 2 heterocycles. The molecule has 5 heteroatoms. The molecule has 2 rings (SSSR count). The molecule has 0 bridgehead atoms. The molecule has 1 aromatic heterocycles. The number of fused-ring (bicyclic) bond motifs is 1. The van der Waals surface area contributed by atoms with Gasteiger partial charge >= 0.3 is 11.8 Å². The van der Waals surface area contributed by atoms with E-state index in [0.717, 1.165) is 4.58 Å². The van der Waals surface area contributed by atoms with Crippen molar-refractivity contribution in [3.63, 3.8) is 0 Å². The highest BCUT2D eigenvalue weighted by Crippen LogP contribution is 2.32. The van der Waals surface area contributed by atoms with Gasteiger partial charge in [0, 0.05) is 5.38 Å². The van der Waals surface area contributed by atoms with Gasteiger partial charge in [0.1, 0.15) is 17.8 Å². The van der Waals surface area contributed by atoms with E-state index in [1.807, 2.05) is 0 Å². The number of amides is 2. The number of imide groups is 1. The monoisotopic (exact) mass is 244 g/mol. The maximum Gasteiger partial charge on any atom is 0.430 e. The Balaban J connectivity index is 2.77. The van der Waals surface area contributed by atoms with E-state index in [4.69, 9.17) is 0 Å². The van der Waals surface area contributed by atoms with Crippen LogP contribution in [0.3, 0.4) is 0 Å². The maximum absolute atomic E-state index is 11.3. The molecule has 0 aliphatic carbocycles. The van der Waals surface area contributed by atoms with Crippen molar-refractivity contribution in [2.45, 2.75) is 0 Å². The van der Waals surface area contributed by atoms with Crippen LogP contribution in [0, 0.1) is 0 Å². The summed E-state index contributed by atoms with van der Waals surface area (Å²) >= 11 is 4.54. The van der Waals surface area contributed by atoms with Gasteiger partial charge in [-0.1, -0.05) is 4.58 Å². The van der Waals surface area contributed by atoms with Crippen molar-refractivity contribution in [2.75, 3.05) is 0 Å². The Morgan fingerprint density at radius 1 is 1.42 bits per heavy atom.